The fourth-order valence-electron chi connectivity index (χ4n) is 1.46. The summed E-state index contributed by atoms with van der Waals surface area (Å²) < 4.78 is 24.9. The summed E-state index contributed by atoms with van der Waals surface area (Å²) in [7, 11) is -1.93. The highest BCUT2D eigenvalue weighted by Gasteiger charge is 2.16. The van der Waals surface area contributed by atoms with Crippen molar-refractivity contribution in [1.29, 1.82) is 4.78 Å². The van der Waals surface area contributed by atoms with Crippen LogP contribution in [0.2, 0.25) is 0 Å². The Hall–Kier alpha value is -2.28. The summed E-state index contributed by atoms with van der Waals surface area (Å²) in [5.41, 5.74) is 0.334. The van der Waals surface area contributed by atoms with E-state index in [0.717, 1.165) is 0 Å². The molecule has 1 aromatic heterocycles. The van der Waals surface area contributed by atoms with Crippen LogP contribution in [0.15, 0.2) is 52.5 Å². The van der Waals surface area contributed by atoms with E-state index in [1.165, 1.54) is 43.6 Å². The van der Waals surface area contributed by atoms with Crippen LogP contribution in [0.4, 0.5) is 0 Å². The maximum atomic E-state index is 12.4. The monoisotopic (exact) mass is 277 g/mol. The molecule has 1 N–H and O–H groups in total. The summed E-state index contributed by atoms with van der Waals surface area (Å²) >= 11 is 0. The van der Waals surface area contributed by atoms with Crippen LogP contribution in [0.25, 0.3) is 0 Å². The Bertz CT molecular complexity index is 682. The number of hydrogen-bond acceptors (Lipinski definition) is 6. The van der Waals surface area contributed by atoms with Crippen molar-refractivity contribution < 1.29 is 13.7 Å². The van der Waals surface area contributed by atoms with Gasteiger partial charge in [-0.3, -0.25) is 0 Å². The van der Waals surface area contributed by atoms with Gasteiger partial charge in [-0.05, 0) is 36.4 Å². The van der Waals surface area contributed by atoms with Gasteiger partial charge in [0.25, 0.3) is 0 Å². The van der Waals surface area contributed by atoms with E-state index in [-0.39, 0.29) is 9.92 Å². The van der Waals surface area contributed by atoms with Gasteiger partial charge >= 0.3 is 5.97 Å². The number of nitrogens with zero attached hydrogens (tertiary/aromatic N) is 2. The molecule has 0 aliphatic heterocycles. The zero-order chi connectivity index (χ0) is 13.9. The molecule has 0 bridgehead atoms. The number of ether oxygens (including phenoxy) is 1. The maximum Gasteiger partial charge on any atom is 0.337 e. The third-order valence-electron chi connectivity index (χ3n) is 2.45. The quantitative estimate of drug-likeness (QED) is 0.862. The molecule has 1 unspecified atom stereocenters. The van der Waals surface area contributed by atoms with Crippen molar-refractivity contribution in [2.45, 2.75) is 9.92 Å². The van der Waals surface area contributed by atoms with Gasteiger partial charge in [-0.1, -0.05) is 0 Å². The van der Waals surface area contributed by atoms with Gasteiger partial charge in [0, 0.05) is 6.20 Å². The maximum absolute atomic E-state index is 12.4. The van der Waals surface area contributed by atoms with E-state index in [2.05, 4.69) is 14.9 Å². The second kappa shape index (κ2) is 5.15. The molecular weight excluding hydrogens is 266 g/mol. The van der Waals surface area contributed by atoms with Crippen molar-refractivity contribution in [1.82, 2.24) is 10.2 Å². The van der Waals surface area contributed by atoms with Gasteiger partial charge in [0.2, 0.25) is 0 Å². The third kappa shape index (κ3) is 2.60. The SMILES string of the molecule is COC(=O)c1ccc(S(=N)(=O)c2cccnn2)cc1. The van der Waals surface area contributed by atoms with E-state index in [1.54, 1.807) is 6.07 Å². The first-order valence-corrected chi connectivity index (χ1v) is 6.86. The molecule has 0 spiro atoms. The lowest BCUT2D eigenvalue weighted by Crippen LogP contribution is -2.05. The number of esters is 1. The fourth-order valence-corrected chi connectivity index (χ4v) is 2.66. The smallest absolute Gasteiger partial charge is 0.337 e. The number of aromatic nitrogens is 2. The lowest BCUT2D eigenvalue weighted by atomic mass is 10.2. The molecule has 1 aromatic carbocycles. The number of carbonyl (C=O) groups excluding carboxylic acids is 1. The van der Waals surface area contributed by atoms with Crippen LogP contribution in [0.1, 0.15) is 10.4 Å². The Labute approximate surface area is 110 Å². The Balaban J connectivity index is 2.40. The van der Waals surface area contributed by atoms with Gasteiger partial charge in [0.05, 0.1) is 17.6 Å². The third-order valence-corrected chi connectivity index (χ3v) is 4.19. The van der Waals surface area contributed by atoms with Crippen molar-refractivity contribution in [2.24, 2.45) is 0 Å². The molecule has 0 aliphatic carbocycles. The molecule has 0 aliphatic rings. The zero-order valence-electron chi connectivity index (χ0n) is 10.1. The molecule has 6 nitrogen and oxygen atoms in total. The molecule has 7 heteroatoms. The lowest BCUT2D eigenvalue weighted by molar-refractivity contribution is 0.0600. The summed E-state index contributed by atoms with van der Waals surface area (Å²) in [6.07, 6.45) is 1.44. The number of nitrogens with one attached hydrogen (secondary N) is 1. The van der Waals surface area contributed by atoms with E-state index in [0.29, 0.717) is 5.56 Å². The summed E-state index contributed by atoms with van der Waals surface area (Å²) in [6, 6.07) is 8.89. The van der Waals surface area contributed by atoms with Crippen LogP contribution in [-0.2, 0) is 14.5 Å². The van der Waals surface area contributed by atoms with Gasteiger partial charge in [-0.25, -0.2) is 13.8 Å². The summed E-state index contributed by atoms with van der Waals surface area (Å²) in [5, 5.41) is 7.39. The van der Waals surface area contributed by atoms with Crippen LogP contribution < -0.4 is 0 Å². The van der Waals surface area contributed by atoms with E-state index >= 15 is 0 Å². The number of methoxy groups -OCH3 is 1. The highest BCUT2D eigenvalue weighted by atomic mass is 32.2. The van der Waals surface area contributed by atoms with Crippen molar-refractivity contribution in [3.63, 3.8) is 0 Å². The summed E-state index contributed by atoms with van der Waals surface area (Å²) in [4.78, 5) is 11.5. The average molecular weight is 277 g/mol. The molecule has 0 amide bonds. The Morgan fingerprint density at radius 3 is 2.47 bits per heavy atom. The largest absolute Gasteiger partial charge is 0.465 e. The van der Waals surface area contributed by atoms with Crippen LogP contribution in [0.3, 0.4) is 0 Å². The van der Waals surface area contributed by atoms with Crippen molar-refractivity contribution >= 4 is 15.7 Å². The van der Waals surface area contributed by atoms with E-state index < -0.39 is 15.7 Å². The number of hydrogen-bond donors (Lipinski definition) is 1. The molecule has 2 aromatic rings. The number of carbonyl (C=O) groups is 1. The normalized spacial score (nSPS) is 13.5. The summed E-state index contributed by atoms with van der Waals surface area (Å²) in [5.74, 6) is -0.484. The van der Waals surface area contributed by atoms with Crippen LogP contribution >= 0.6 is 0 Å². The standard InChI is InChI=1S/C12H11N3O3S/c1-18-12(16)9-4-6-10(7-5-9)19(13,17)11-3-2-8-14-15-11/h2-8,13H,1H3. The van der Waals surface area contributed by atoms with Crippen molar-refractivity contribution in [2.75, 3.05) is 7.11 Å². The first-order chi connectivity index (χ1) is 9.05. The van der Waals surface area contributed by atoms with E-state index in [4.69, 9.17) is 4.78 Å². The Morgan fingerprint density at radius 2 is 1.95 bits per heavy atom. The highest BCUT2D eigenvalue weighted by molar-refractivity contribution is 7.92. The van der Waals surface area contributed by atoms with E-state index in [1.807, 2.05) is 0 Å². The second-order valence-electron chi connectivity index (χ2n) is 3.63. The first-order valence-electron chi connectivity index (χ1n) is 5.30. The van der Waals surface area contributed by atoms with Gasteiger partial charge in [0.15, 0.2) is 5.03 Å². The van der Waals surface area contributed by atoms with Crippen LogP contribution in [0.5, 0.6) is 0 Å². The molecule has 19 heavy (non-hydrogen) atoms. The zero-order valence-corrected chi connectivity index (χ0v) is 10.9. The van der Waals surface area contributed by atoms with Crippen molar-refractivity contribution in [3.05, 3.63) is 48.2 Å². The predicted molar refractivity (Wildman–Crippen MR) is 67.2 cm³/mol. The molecule has 0 saturated heterocycles. The van der Waals surface area contributed by atoms with Gasteiger partial charge < -0.3 is 4.74 Å². The van der Waals surface area contributed by atoms with Crippen molar-refractivity contribution in [3.8, 4) is 0 Å². The predicted octanol–water partition coefficient (Wildman–Crippen LogP) is 1.73. The molecule has 2 rings (SSSR count). The Morgan fingerprint density at radius 1 is 1.26 bits per heavy atom. The van der Waals surface area contributed by atoms with Gasteiger partial charge in [-0.15, -0.1) is 5.10 Å². The number of rotatable bonds is 3. The highest BCUT2D eigenvalue weighted by Crippen LogP contribution is 2.19. The minimum Gasteiger partial charge on any atom is -0.465 e. The van der Waals surface area contributed by atoms with Gasteiger partial charge in [0.1, 0.15) is 9.73 Å². The molecule has 1 heterocycles. The van der Waals surface area contributed by atoms with Gasteiger partial charge in [-0.2, -0.15) is 5.10 Å². The minimum atomic E-state index is -3.21. The Kier molecular flexibility index (Phi) is 3.57. The van der Waals surface area contributed by atoms with Crippen LogP contribution in [0, 0.1) is 4.78 Å². The molecule has 0 radical (unpaired) electrons. The number of benzene rings is 1. The molecule has 1 atom stereocenters. The van der Waals surface area contributed by atoms with Crippen LogP contribution in [-0.4, -0.2) is 27.5 Å². The topological polar surface area (TPSA) is 93.0 Å². The minimum absolute atomic E-state index is 0.0841. The first kappa shape index (κ1) is 13.2. The average Bonchev–Trinajstić information content (AvgIpc) is 2.47. The molecule has 0 fully saturated rings. The molecule has 0 saturated carbocycles. The lowest BCUT2D eigenvalue weighted by Gasteiger charge is -2.06. The van der Waals surface area contributed by atoms with E-state index in [9.17, 15) is 9.00 Å². The second-order valence-corrected chi connectivity index (χ2v) is 5.64. The molecular formula is C12H11N3O3S. The summed E-state index contributed by atoms with van der Waals surface area (Å²) in [6.45, 7) is 0. The fraction of sp³-hybridized carbons (Fsp3) is 0.0833. The molecule has 98 valence electrons.